The predicted molar refractivity (Wildman–Crippen MR) is 60.3 cm³/mol. The van der Waals surface area contributed by atoms with Crippen molar-refractivity contribution >= 4 is 17.2 Å². The zero-order chi connectivity index (χ0) is 10.3. The molecule has 0 fully saturated rings. The zero-order valence-corrected chi connectivity index (χ0v) is 9.29. The molecule has 5 heteroatoms. The molecule has 78 valence electrons. The van der Waals surface area contributed by atoms with Gasteiger partial charge in [-0.2, -0.15) is 5.10 Å². The molecule has 2 aromatic rings. The number of thiazole rings is 1. The summed E-state index contributed by atoms with van der Waals surface area (Å²) >= 11 is 1.70. The third-order valence-electron chi connectivity index (χ3n) is 2.61. The van der Waals surface area contributed by atoms with Crippen LogP contribution in [-0.2, 0) is 0 Å². The molecule has 0 spiro atoms. The second-order valence-corrected chi connectivity index (χ2v) is 4.64. The lowest BCUT2D eigenvalue weighted by molar-refractivity contribution is 0.478. The molecule has 2 aromatic heterocycles. The Morgan fingerprint density at radius 1 is 1.60 bits per heavy atom. The van der Waals surface area contributed by atoms with Gasteiger partial charge in [-0.15, -0.1) is 11.3 Å². The second kappa shape index (κ2) is 3.34. The molecule has 1 aliphatic heterocycles. The van der Waals surface area contributed by atoms with Gasteiger partial charge in [-0.1, -0.05) is 0 Å². The SMILES string of the molecule is Cc1cc2n(n1)C(c1nccs1)CCN2. The van der Waals surface area contributed by atoms with Crippen molar-refractivity contribution in [3.63, 3.8) is 0 Å². The Bertz CT molecular complexity index is 460. The van der Waals surface area contributed by atoms with Gasteiger partial charge >= 0.3 is 0 Å². The molecule has 1 unspecified atom stereocenters. The topological polar surface area (TPSA) is 42.7 Å². The number of hydrogen-bond acceptors (Lipinski definition) is 4. The maximum atomic E-state index is 4.51. The van der Waals surface area contributed by atoms with Crippen molar-refractivity contribution in [3.8, 4) is 0 Å². The van der Waals surface area contributed by atoms with Crippen LogP contribution in [0.2, 0.25) is 0 Å². The molecule has 1 aliphatic rings. The minimum absolute atomic E-state index is 0.315. The Morgan fingerprint density at radius 3 is 3.33 bits per heavy atom. The van der Waals surface area contributed by atoms with Crippen LogP contribution in [0.5, 0.6) is 0 Å². The Labute approximate surface area is 92.0 Å². The molecule has 1 atom stereocenters. The van der Waals surface area contributed by atoms with Crippen LogP contribution in [0.25, 0.3) is 0 Å². The quantitative estimate of drug-likeness (QED) is 0.800. The molecule has 0 aliphatic carbocycles. The van der Waals surface area contributed by atoms with E-state index in [0.29, 0.717) is 6.04 Å². The van der Waals surface area contributed by atoms with E-state index in [1.165, 1.54) is 0 Å². The third kappa shape index (κ3) is 1.43. The summed E-state index contributed by atoms with van der Waals surface area (Å²) in [5.74, 6) is 1.11. The first kappa shape index (κ1) is 8.91. The Balaban J connectivity index is 2.06. The Hall–Kier alpha value is -1.36. The van der Waals surface area contributed by atoms with E-state index in [1.807, 2.05) is 18.5 Å². The molecule has 0 radical (unpaired) electrons. The van der Waals surface area contributed by atoms with Gasteiger partial charge in [0.2, 0.25) is 0 Å². The summed E-state index contributed by atoms with van der Waals surface area (Å²) in [6.45, 7) is 3.02. The molecule has 0 bridgehead atoms. The fourth-order valence-electron chi connectivity index (χ4n) is 1.97. The van der Waals surface area contributed by atoms with Crippen LogP contribution >= 0.6 is 11.3 Å². The number of anilines is 1. The third-order valence-corrected chi connectivity index (χ3v) is 3.49. The fraction of sp³-hybridized carbons (Fsp3) is 0.400. The zero-order valence-electron chi connectivity index (χ0n) is 8.47. The minimum atomic E-state index is 0.315. The van der Waals surface area contributed by atoms with Gasteiger partial charge < -0.3 is 5.32 Å². The fourth-order valence-corrected chi connectivity index (χ4v) is 2.73. The number of hydrogen-bond donors (Lipinski definition) is 1. The second-order valence-electron chi connectivity index (χ2n) is 3.72. The summed E-state index contributed by atoms with van der Waals surface area (Å²) < 4.78 is 2.05. The van der Waals surface area contributed by atoms with E-state index in [9.17, 15) is 0 Å². The lowest BCUT2D eigenvalue weighted by Gasteiger charge is -2.23. The average Bonchev–Trinajstić information content (AvgIpc) is 2.82. The molecular formula is C10H12N4S. The Morgan fingerprint density at radius 2 is 2.53 bits per heavy atom. The van der Waals surface area contributed by atoms with Gasteiger partial charge in [0.1, 0.15) is 16.9 Å². The molecule has 0 aromatic carbocycles. The number of nitrogens with one attached hydrogen (secondary N) is 1. The molecule has 4 nitrogen and oxygen atoms in total. The minimum Gasteiger partial charge on any atom is -0.370 e. The number of aryl methyl sites for hydroxylation is 1. The van der Waals surface area contributed by atoms with Crippen LogP contribution in [0.3, 0.4) is 0 Å². The summed E-state index contributed by atoms with van der Waals surface area (Å²) in [7, 11) is 0. The van der Waals surface area contributed by atoms with Gasteiger partial charge in [0.15, 0.2) is 0 Å². The lowest BCUT2D eigenvalue weighted by atomic mass is 10.2. The summed E-state index contributed by atoms with van der Waals surface area (Å²) in [5.41, 5.74) is 1.06. The molecule has 0 amide bonds. The van der Waals surface area contributed by atoms with Crippen LogP contribution in [-0.4, -0.2) is 21.3 Å². The van der Waals surface area contributed by atoms with Crippen LogP contribution in [0.4, 0.5) is 5.82 Å². The van der Waals surface area contributed by atoms with Gasteiger partial charge in [-0.25, -0.2) is 9.67 Å². The number of nitrogens with zero attached hydrogens (tertiary/aromatic N) is 3. The van der Waals surface area contributed by atoms with E-state index in [1.54, 1.807) is 11.3 Å². The molecule has 3 heterocycles. The van der Waals surface area contributed by atoms with Gasteiger partial charge in [0.05, 0.1) is 5.69 Å². The van der Waals surface area contributed by atoms with E-state index in [0.717, 1.165) is 29.5 Å². The van der Waals surface area contributed by atoms with Crippen molar-refractivity contribution in [2.24, 2.45) is 0 Å². The van der Waals surface area contributed by atoms with E-state index in [-0.39, 0.29) is 0 Å². The number of aromatic nitrogens is 3. The summed E-state index contributed by atoms with van der Waals surface area (Å²) in [5, 5.41) is 11.0. The average molecular weight is 220 g/mol. The predicted octanol–water partition coefficient (Wildman–Crippen LogP) is 2.05. The molecule has 15 heavy (non-hydrogen) atoms. The maximum Gasteiger partial charge on any atom is 0.125 e. The van der Waals surface area contributed by atoms with Crippen LogP contribution < -0.4 is 5.32 Å². The van der Waals surface area contributed by atoms with Gasteiger partial charge in [0.25, 0.3) is 0 Å². The highest BCUT2D eigenvalue weighted by Crippen LogP contribution is 2.30. The van der Waals surface area contributed by atoms with Crippen molar-refractivity contribution < 1.29 is 0 Å². The van der Waals surface area contributed by atoms with E-state index >= 15 is 0 Å². The molecule has 3 rings (SSSR count). The summed E-state index contributed by atoms with van der Waals surface area (Å²) in [6, 6.07) is 2.40. The molecule has 1 N–H and O–H groups in total. The van der Waals surface area contributed by atoms with E-state index in [2.05, 4.69) is 26.1 Å². The maximum absolute atomic E-state index is 4.51. The van der Waals surface area contributed by atoms with Crippen molar-refractivity contribution in [2.45, 2.75) is 19.4 Å². The highest BCUT2D eigenvalue weighted by atomic mass is 32.1. The molecule has 0 saturated carbocycles. The van der Waals surface area contributed by atoms with E-state index < -0.39 is 0 Å². The normalized spacial score (nSPS) is 19.7. The molecular weight excluding hydrogens is 208 g/mol. The summed E-state index contributed by atoms with van der Waals surface area (Å²) in [6.07, 6.45) is 2.92. The lowest BCUT2D eigenvalue weighted by Crippen LogP contribution is -2.24. The number of rotatable bonds is 1. The van der Waals surface area contributed by atoms with Gasteiger partial charge in [0, 0.05) is 24.2 Å². The number of fused-ring (bicyclic) bond motifs is 1. The first-order valence-electron chi connectivity index (χ1n) is 5.04. The van der Waals surface area contributed by atoms with E-state index in [4.69, 9.17) is 0 Å². The summed E-state index contributed by atoms with van der Waals surface area (Å²) in [4.78, 5) is 4.38. The van der Waals surface area contributed by atoms with Crippen LogP contribution in [0, 0.1) is 6.92 Å². The van der Waals surface area contributed by atoms with Gasteiger partial charge in [-0.3, -0.25) is 0 Å². The highest BCUT2D eigenvalue weighted by molar-refractivity contribution is 7.09. The van der Waals surface area contributed by atoms with Crippen molar-refractivity contribution in [1.82, 2.24) is 14.8 Å². The van der Waals surface area contributed by atoms with Crippen molar-refractivity contribution in [3.05, 3.63) is 28.3 Å². The smallest absolute Gasteiger partial charge is 0.125 e. The first-order chi connectivity index (χ1) is 7.34. The monoisotopic (exact) mass is 220 g/mol. The van der Waals surface area contributed by atoms with Crippen molar-refractivity contribution in [2.75, 3.05) is 11.9 Å². The van der Waals surface area contributed by atoms with Gasteiger partial charge in [-0.05, 0) is 13.3 Å². The van der Waals surface area contributed by atoms with Crippen LogP contribution in [0.1, 0.15) is 23.2 Å². The highest BCUT2D eigenvalue weighted by Gasteiger charge is 2.23. The van der Waals surface area contributed by atoms with Crippen molar-refractivity contribution in [1.29, 1.82) is 0 Å². The largest absolute Gasteiger partial charge is 0.370 e. The standard InChI is InChI=1S/C10H12N4S/c1-7-6-9-11-3-2-8(14(9)13-7)10-12-4-5-15-10/h4-6,8,11H,2-3H2,1H3. The van der Waals surface area contributed by atoms with Crippen LogP contribution in [0.15, 0.2) is 17.6 Å². The molecule has 0 saturated heterocycles. The Kier molecular flexibility index (Phi) is 1.98. The first-order valence-corrected chi connectivity index (χ1v) is 5.92.